The van der Waals surface area contributed by atoms with Crippen molar-refractivity contribution >= 4 is 5.91 Å². The molecule has 0 aliphatic rings. The number of nitrogens with one attached hydrogen (secondary N) is 2. The highest BCUT2D eigenvalue weighted by Crippen LogP contribution is 2.13. The summed E-state index contributed by atoms with van der Waals surface area (Å²) in [5.41, 5.74) is 1.15. The van der Waals surface area contributed by atoms with Gasteiger partial charge in [0.15, 0.2) is 6.10 Å². The number of H-pyrrole nitrogens is 1. The lowest BCUT2D eigenvalue weighted by Gasteiger charge is -2.14. The zero-order valence-corrected chi connectivity index (χ0v) is 10.9. The fourth-order valence-electron chi connectivity index (χ4n) is 1.51. The molecule has 0 saturated carbocycles. The first kappa shape index (κ1) is 13.1. The number of benzene rings is 1. The van der Waals surface area contributed by atoms with Gasteiger partial charge in [-0.05, 0) is 26.0 Å². The van der Waals surface area contributed by atoms with Crippen molar-refractivity contribution in [1.29, 1.82) is 0 Å². The molecule has 1 aromatic heterocycles. The van der Waals surface area contributed by atoms with Crippen LogP contribution in [0.25, 0.3) is 0 Å². The van der Waals surface area contributed by atoms with E-state index in [1.807, 2.05) is 31.2 Å². The Labute approximate surface area is 111 Å². The summed E-state index contributed by atoms with van der Waals surface area (Å²) in [6.45, 7) is 4.01. The second-order valence-corrected chi connectivity index (χ2v) is 4.22. The molecule has 0 spiro atoms. The second-order valence-electron chi connectivity index (χ2n) is 4.22. The van der Waals surface area contributed by atoms with E-state index in [0.29, 0.717) is 18.1 Å². The molecule has 0 bridgehead atoms. The third-order valence-electron chi connectivity index (χ3n) is 2.60. The van der Waals surface area contributed by atoms with Crippen molar-refractivity contribution in [2.24, 2.45) is 0 Å². The molecule has 2 aromatic rings. The van der Waals surface area contributed by atoms with Crippen molar-refractivity contribution in [3.8, 4) is 5.75 Å². The minimum atomic E-state index is -0.564. The van der Waals surface area contributed by atoms with Crippen molar-refractivity contribution < 1.29 is 9.53 Å². The van der Waals surface area contributed by atoms with Crippen LogP contribution in [0.2, 0.25) is 0 Å². The predicted octanol–water partition coefficient (Wildman–Crippen LogP) is 1.20. The van der Waals surface area contributed by atoms with E-state index in [4.69, 9.17) is 4.74 Å². The Bertz CT molecular complexity index is 522. The number of aromatic amines is 1. The smallest absolute Gasteiger partial charge is 0.261 e. The fraction of sp³-hybridized carbons (Fsp3) is 0.308. The molecule has 1 aromatic carbocycles. The molecule has 6 heteroatoms. The number of nitrogens with zero attached hydrogens (tertiary/aromatic N) is 2. The van der Waals surface area contributed by atoms with E-state index in [1.165, 1.54) is 6.33 Å². The highest BCUT2D eigenvalue weighted by Gasteiger charge is 2.14. The van der Waals surface area contributed by atoms with Gasteiger partial charge in [0.25, 0.3) is 5.91 Å². The van der Waals surface area contributed by atoms with Gasteiger partial charge >= 0.3 is 0 Å². The van der Waals surface area contributed by atoms with E-state index < -0.39 is 6.10 Å². The molecule has 0 saturated heterocycles. The number of carbonyl (C=O) groups excluding carboxylic acids is 1. The summed E-state index contributed by atoms with van der Waals surface area (Å²) < 4.78 is 5.54. The van der Waals surface area contributed by atoms with Gasteiger partial charge in [0.1, 0.15) is 17.9 Å². The number of hydrogen-bond donors (Lipinski definition) is 2. The molecule has 6 nitrogen and oxygen atoms in total. The Kier molecular flexibility index (Phi) is 4.12. The maximum Gasteiger partial charge on any atom is 0.261 e. The van der Waals surface area contributed by atoms with Gasteiger partial charge in [-0.1, -0.05) is 17.7 Å². The SMILES string of the molecule is Cc1ccc(OC(C)C(=O)NCc2ncn[nH]2)cc1. The Morgan fingerprint density at radius 2 is 2.16 bits per heavy atom. The second kappa shape index (κ2) is 5.99. The van der Waals surface area contributed by atoms with E-state index in [0.717, 1.165) is 5.56 Å². The Morgan fingerprint density at radius 1 is 1.42 bits per heavy atom. The third-order valence-corrected chi connectivity index (χ3v) is 2.60. The van der Waals surface area contributed by atoms with Gasteiger partial charge in [0.2, 0.25) is 0 Å². The summed E-state index contributed by atoms with van der Waals surface area (Å²) in [6.07, 6.45) is 0.832. The zero-order chi connectivity index (χ0) is 13.7. The van der Waals surface area contributed by atoms with Crippen LogP contribution in [0.3, 0.4) is 0 Å². The van der Waals surface area contributed by atoms with Crippen molar-refractivity contribution in [2.45, 2.75) is 26.5 Å². The van der Waals surface area contributed by atoms with Gasteiger partial charge < -0.3 is 10.1 Å². The van der Waals surface area contributed by atoms with E-state index in [1.54, 1.807) is 6.92 Å². The van der Waals surface area contributed by atoms with Crippen LogP contribution < -0.4 is 10.1 Å². The summed E-state index contributed by atoms with van der Waals surface area (Å²) in [5, 5.41) is 9.09. The molecular weight excluding hydrogens is 244 g/mol. The maximum absolute atomic E-state index is 11.8. The molecule has 2 rings (SSSR count). The monoisotopic (exact) mass is 260 g/mol. The van der Waals surface area contributed by atoms with Crippen LogP contribution in [0.15, 0.2) is 30.6 Å². The molecule has 19 heavy (non-hydrogen) atoms. The summed E-state index contributed by atoms with van der Waals surface area (Å²) in [5.74, 6) is 1.08. The number of amides is 1. The molecule has 2 N–H and O–H groups in total. The van der Waals surface area contributed by atoms with Crippen molar-refractivity contribution in [3.05, 3.63) is 42.0 Å². The molecule has 1 atom stereocenters. The Hall–Kier alpha value is -2.37. The average Bonchev–Trinajstić information content (AvgIpc) is 2.91. The van der Waals surface area contributed by atoms with Crippen LogP contribution in [-0.4, -0.2) is 27.2 Å². The lowest BCUT2D eigenvalue weighted by molar-refractivity contribution is -0.127. The lowest BCUT2D eigenvalue weighted by Crippen LogP contribution is -2.36. The summed E-state index contributed by atoms with van der Waals surface area (Å²) in [7, 11) is 0. The third kappa shape index (κ3) is 3.80. The fourth-order valence-corrected chi connectivity index (χ4v) is 1.51. The minimum absolute atomic E-state index is 0.197. The molecular formula is C13H16N4O2. The highest BCUT2D eigenvalue weighted by atomic mass is 16.5. The zero-order valence-electron chi connectivity index (χ0n) is 10.9. The van der Waals surface area contributed by atoms with Gasteiger partial charge in [-0.15, -0.1) is 0 Å². The first-order chi connectivity index (χ1) is 9.15. The first-order valence-electron chi connectivity index (χ1n) is 6.00. The van der Waals surface area contributed by atoms with Gasteiger partial charge in [-0.3, -0.25) is 9.89 Å². The van der Waals surface area contributed by atoms with Gasteiger partial charge in [-0.25, -0.2) is 4.98 Å². The molecule has 0 aliphatic heterocycles. The van der Waals surface area contributed by atoms with E-state index in [2.05, 4.69) is 20.5 Å². The lowest BCUT2D eigenvalue weighted by atomic mass is 10.2. The number of aryl methyl sites for hydroxylation is 1. The molecule has 0 aliphatic carbocycles. The van der Waals surface area contributed by atoms with Crippen molar-refractivity contribution in [3.63, 3.8) is 0 Å². The Balaban J connectivity index is 1.83. The molecule has 0 radical (unpaired) electrons. The topological polar surface area (TPSA) is 79.9 Å². The standard InChI is InChI=1S/C13H16N4O2/c1-9-3-5-11(6-4-9)19-10(2)13(18)14-7-12-15-8-16-17-12/h3-6,8,10H,7H2,1-2H3,(H,14,18)(H,15,16,17). The van der Waals surface area contributed by atoms with Crippen LogP contribution in [0.4, 0.5) is 0 Å². The minimum Gasteiger partial charge on any atom is -0.481 e. The average molecular weight is 260 g/mol. The van der Waals surface area contributed by atoms with E-state index in [-0.39, 0.29) is 5.91 Å². The number of rotatable bonds is 5. The van der Waals surface area contributed by atoms with Gasteiger partial charge in [0, 0.05) is 0 Å². The number of carbonyl (C=O) groups is 1. The van der Waals surface area contributed by atoms with E-state index >= 15 is 0 Å². The first-order valence-corrected chi connectivity index (χ1v) is 6.00. The van der Waals surface area contributed by atoms with Gasteiger partial charge in [0.05, 0.1) is 6.54 Å². The molecule has 1 heterocycles. The van der Waals surface area contributed by atoms with Crippen LogP contribution in [-0.2, 0) is 11.3 Å². The number of aromatic nitrogens is 3. The van der Waals surface area contributed by atoms with Crippen LogP contribution in [0.1, 0.15) is 18.3 Å². The summed E-state index contributed by atoms with van der Waals surface area (Å²) in [6, 6.07) is 7.56. The van der Waals surface area contributed by atoms with Crippen LogP contribution in [0, 0.1) is 6.92 Å². The number of hydrogen-bond acceptors (Lipinski definition) is 4. The van der Waals surface area contributed by atoms with E-state index in [9.17, 15) is 4.79 Å². The summed E-state index contributed by atoms with van der Waals surface area (Å²) >= 11 is 0. The van der Waals surface area contributed by atoms with Crippen LogP contribution in [0.5, 0.6) is 5.75 Å². The normalized spacial score (nSPS) is 11.9. The van der Waals surface area contributed by atoms with Crippen molar-refractivity contribution in [2.75, 3.05) is 0 Å². The quantitative estimate of drug-likeness (QED) is 0.846. The summed E-state index contributed by atoms with van der Waals surface area (Å²) in [4.78, 5) is 15.7. The molecule has 100 valence electrons. The maximum atomic E-state index is 11.8. The predicted molar refractivity (Wildman–Crippen MR) is 69.5 cm³/mol. The molecule has 0 fully saturated rings. The molecule has 1 unspecified atom stereocenters. The van der Waals surface area contributed by atoms with Crippen LogP contribution >= 0.6 is 0 Å². The van der Waals surface area contributed by atoms with Crippen molar-refractivity contribution in [1.82, 2.24) is 20.5 Å². The number of ether oxygens (including phenoxy) is 1. The Morgan fingerprint density at radius 3 is 2.79 bits per heavy atom. The highest BCUT2D eigenvalue weighted by molar-refractivity contribution is 5.80. The molecule has 1 amide bonds. The van der Waals surface area contributed by atoms with Gasteiger partial charge in [-0.2, -0.15) is 5.10 Å². The largest absolute Gasteiger partial charge is 0.481 e.